The summed E-state index contributed by atoms with van der Waals surface area (Å²) in [6.45, 7) is 4.34. The highest BCUT2D eigenvalue weighted by Crippen LogP contribution is 2.25. The van der Waals surface area contributed by atoms with Crippen LogP contribution in [0.25, 0.3) is 0 Å². The van der Waals surface area contributed by atoms with Gasteiger partial charge in [0, 0.05) is 44.6 Å². The number of hydroxylamine groups is 2. The van der Waals surface area contributed by atoms with Gasteiger partial charge < -0.3 is 9.64 Å². The Hall–Kier alpha value is -2.48. The fraction of sp³-hybridized carbons (Fsp3) is 0.500. The Labute approximate surface area is 169 Å². The van der Waals surface area contributed by atoms with Crippen LogP contribution in [0.15, 0.2) is 24.3 Å². The van der Waals surface area contributed by atoms with E-state index in [1.807, 2.05) is 24.3 Å². The molecule has 2 fully saturated rings. The van der Waals surface area contributed by atoms with Gasteiger partial charge in [-0.05, 0) is 24.3 Å². The maximum atomic E-state index is 12.2. The maximum Gasteiger partial charge on any atom is 0.414 e. The van der Waals surface area contributed by atoms with Crippen molar-refractivity contribution in [3.05, 3.63) is 24.3 Å². The van der Waals surface area contributed by atoms with Gasteiger partial charge >= 0.3 is 11.3 Å². The van der Waals surface area contributed by atoms with Gasteiger partial charge in [-0.2, -0.15) is 5.26 Å². The fourth-order valence-corrected chi connectivity index (χ4v) is 3.23. The third-order valence-electron chi connectivity index (χ3n) is 4.79. The number of nitriles is 1. The van der Waals surface area contributed by atoms with Crippen molar-refractivity contribution >= 4 is 35.3 Å². The van der Waals surface area contributed by atoms with Gasteiger partial charge in [0.15, 0.2) is 0 Å². The molecule has 0 unspecified atom stereocenters. The monoisotopic (exact) mass is 405 g/mol. The number of hydrogen-bond acceptors (Lipinski definition) is 7. The fourth-order valence-electron chi connectivity index (χ4n) is 3.18. The van der Waals surface area contributed by atoms with E-state index in [9.17, 15) is 9.59 Å². The van der Waals surface area contributed by atoms with Crippen molar-refractivity contribution in [2.45, 2.75) is 6.10 Å². The molecule has 2 amide bonds. The summed E-state index contributed by atoms with van der Waals surface area (Å²) in [6.07, 6.45) is -0.901. The van der Waals surface area contributed by atoms with Crippen molar-refractivity contribution in [2.75, 3.05) is 62.7 Å². The van der Waals surface area contributed by atoms with Crippen molar-refractivity contribution in [1.82, 2.24) is 9.96 Å². The highest BCUT2D eigenvalue weighted by Gasteiger charge is 2.33. The molecule has 150 valence electrons. The third-order valence-corrected chi connectivity index (χ3v) is 5.07. The minimum absolute atomic E-state index is 0.0795. The number of rotatable bonds is 6. The number of benzene rings is 1. The van der Waals surface area contributed by atoms with Crippen LogP contribution in [-0.4, -0.2) is 80.3 Å². The molecule has 0 radical (unpaired) electrons. The zero-order valence-corrected chi connectivity index (χ0v) is 16.5. The van der Waals surface area contributed by atoms with Crippen molar-refractivity contribution < 1.29 is 19.2 Å². The lowest BCUT2D eigenvalue weighted by atomic mass is 10.2. The summed E-state index contributed by atoms with van der Waals surface area (Å²) in [4.78, 5) is 34.4. The summed E-state index contributed by atoms with van der Waals surface area (Å²) in [5.74, 6) is 0. The van der Waals surface area contributed by atoms with E-state index in [4.69, 9.17) is 14.8 Å². The summed E-state index contributed by atoms with van der Waals surface area (Å²) in [7, 11) is 1.45. The number of carbonyl (C=O) groups excluding carboxylic acids is 2. The second-order valence-corrected chi connectivity index (χ2v) is 7.01. The number of amides is 2. The Morgan fingerprint density at radius 1 is 1.29 bits per heavy atom. The van der Waals surface area contributed by atoms with Gasteiger partial charge in [0.25, 0.3) is 0 Å². The van der Waals surface area contributed by atoms with Crippen molar-refractivity contribution in [2.24, 2.45) is 0 Å². The topological polar surface area (TPSA) is 89.3 Å². The smallest absolute Gasteiger partial charge is 0.414 e. The first-order valence-corrected chi connectivity index (χ1v) is 9.44. The first-order valence-electron chi connectivity index (χ1n) is 9.00. The Kier molecular flexibility index (Phi) is 6.61. The van der Waals surface area contributed by atoms with E-state index >= 15 is 0 Å². The van der Waals surface area contributed by atoms with Crippen LogP contribution in [0.5, 0.6) is 0 Å². The second kappa shape index (κ2) is 9.14. The molecule has 1 aromatic carbocycles. The van der Waals surface area contributed by atoms with Crippen LogP contribution >= 0.6 is 12.6 Å². The van der Waals surface area contributed by atoms with Gasteiger partial charge in [-0.3, -0.25) is 19.4 Å². The van der Waals surface area contributed by atoms with Crippen LogP contribution in [0.4, 0.5) is 21.0 Å². The molecule has 2 aliphatic heterocycles. The van der Waals surface area contributed by atoms with E-state index in [0.29, 0.717) is 13.1 Å². The minimum atomic E-state index is -0.523. The molecular formula is C18H23N5O4S. The Bertz CT molecular complexity index is 745. The van der Waals surface area contributed by atoms with E-state index < -0.39 is 17.4 Å². The predicted molar refractivity (Wildman–Crippen MR) is 106 cm³/mol. The molecule has 2 aliphatic rings. The van der Waals surface area contributed by atoms with Crippen LogP contribution in [0.2, 0.25) is 0 Å². The van der Waals surface area contributed by atoms with Crippen molar-refractivity contribution in [1.29, 1.82) is 5.26 Å². The highest BCUT2D eigenvalue weighted by molar-refractivity contribution is 7.96. The van der Waals surface area contributed by atoms with Crippen LogP contribution in [-0.2, 0) is 9.57 Å². The average molecular weight is 405 g/mol. The van der Waals surface area contributed by atoms with Gasteiger partial charge in [0.05, 0.1) is 19.2 Å². The number of hydrogen-bond donors (Lipinski definition) is 1. The molecule has 28 heavy (non-hydrogen) atoms. The molecule has 0 N–H and O–H groups in total. The third kappa shape index (κ3) is 4.86. The lowest BCUT2D eigenvalue weighted by Crippen LogP contribution is -2.46. The van der Waals surface area contributed by atoms with Gasteiger partial charge in [-0.15, -0.1) is 0 Å². The summed E-state index contributed by atoms with van der Waals surface area (Å²) in [5.41, 5.74) is 1.83. The Morgan fingerprint density at radius 3 is 2.54 bits per heavy atom. The molecule has 9 nitrogen and oxygen atoms in total. The molecule has 2 heterocycles. The second-order valence-electron chi connectivity index (χ2n) is 6.63. The molecule has 3 rings (SSSR count). The molecule has 2 saturated heterocycles. The molecule has 1 atom stereocenters. The van der Waals surface area contributed by atoms with Gasteiger partial charge in [0.1, 0.15) is 12.7 Å². The molecular weight excluding hydrogens is 382 g/mol. The summed E-state index contributed by atoms with van der Waals surface area (Å²) in [5, 5.41) is 9.25. The summed E-state index contributed by atoms with van der Waals surface area (Å²) in [6, 6.07) is 9.94. The zero-order chi connectivity index (χ0) is 20.1. The van der Waals surface area contributed by atoms with Crippen molar-refractivity contribution in [3.8, 4) is 6.07 Å². The molecule has 1 aromatic rings. The first kappa shape index (κ1) is 20.3. The maximum absolute atomic E-state index is 12.2. The van der Waals surface area contributed by atoms with Crippen molar-refractivity contribution in [3.63, 3.8) is 0 Å². The standard InChI is InChI=1S/C18H23N5O4S/c1-20(18(25)28)26-13-16-12-23(17(24)27-16)15-4-2-14(3-5-15)22-10-8-21(7-6-19)9-11-22/h2-5,16H,7-13H2,1H3,(H,25,28)/t16-/m0/s1. The number of carbonyl (C=O) groups is 2. The number of ether oxygens (including phenoxy) is 1. The quantitative estimate of drug-likeness (QED) is 0.437. The van der Waals surface area contributed by atoms with Gasteiger partial charge in [0.2, 0.25) is 0 Å². The Balaban J connectivity index is 1.54. The summed E-state index contributed by atoms with van der Waals surface area (Å²) < 4.78 is 5.30. The van der Waals surface area contributed by atoms with E-state index in [1.165, 1.54) is 7.05 Å². The molecule has 0 saturated carbocycles. The zero-order valence-electron chi connectivity index (χ0n) is 15.7. The largest absolute Gasteiger partial charge is 0.441 e. The number of piperazine rings is 1. The van der Waals surface area contributed by atoms with Crippen LogP contribution < -0.4 is 9.80 Å². The Morgan fingerprint density at radius 2 is 1.93 bits per heavy atom. The number of thiol groups is 1. The number of cyclic esters (lactones) is 1. The molecule has 0 bridgehead atoms. The molecule has 10 heteroatoms. The lowest BCUT2D eigenvalue weighted by molar-refractivity contribution is -0.113. The van der Waals surface area contributed by atoms with E-state index in [2.05, 4.69) is 28.5 Å². The van der Waals surface area contributed by atoms with Gasteiger partial charge in [-0.1, -0.05) is 12.6 Å². The van der Waals surface area contributed by atoms with Crippen LogP contribution in [0.1, 0.15) is 0 Å². The molecule has 0 aromatic heterocycles. The first-order chi connectivity index (χ1) is 13.5. The minimum Gasteiger partial charge on any atom is -0.441 e. The van der Waals surface area contributed by atoms with Crippen LogP contribution in [0.3, 0.4) is 0 Å². The number of nitrogens with zero attached hydrogens (tertiary/aromatic N) is 5. The van der Waals surface area contributed by atoms with E-state index in [-0.39, 0.29) is 6.61 Å². The normalized spacial score (nSPS) is 20.0. The number of anilines is 2. The average Bonchev–Trinajstić information content (AvgIpc) is 3.07. The van der Waals surface area contributed by atoms with E-state index in [0.717, 1.165) is 42.6 Å². The lowest BCUT2D eigenvalue weighted by Gasteiger charge is -2.35. The van der Waals surface area contributed by atoms with Gasteiger partial charge in [-0.25, -0.2) is 9.86 Å². The molecule has 0 spiro atoms. The predicted octanol–water partition coefficient (Wildman–Crippen LogP) is 1.57. The SMILES string of the molecule is CN(OC[C@@H]1CN(c2ccc(N3CCN(CC#N)CC3)cc2)C(=O)O1)C(=O)S. The summed E-state index contributed by atoms with van der Waals surface area (Å²) >= 11 is 3.65. The molecule has 0 aliphatic carbocycles. The van der Waals surface area contributed by atoms with Crippen LogP contribution in [0, 0.1) is 11.3 Å². The highest BCUT2D eigenvalue weighted by atomic mass is 32.1. The van der Waals surface area contributed by atoms with E-state index in [1.54, 1.807) is 4.90 Å².